The van der Waals surface area contributed by atoms with Crippen LogP contribution in [0.1, 0.15) is 42.9 Å². The van der Waals surface area contributed by atoms with Gasteiger partial charge in [0.1, 0.15) is 5.75 Å². The Kier molecular flexibility index (Phi) is 5.09. The van der Waals surface area contributed by atoms with Crippen molar-refractivity contribution >= 4 is 11.5 Å². The van der Waals surface area contributed by atoms with Crippen LogP contribution in [-0.4, -0.2) is 22.7 Å². The molecule has 1 aromatic carbocycles. The molecule has 0 amide bonds. The zero-order valence-corrected chi connectivity index (χ0v) is 13.2. The molecule has 20 heavy (non-hydrogen) atoms. The Labute approximate surface area is 124 Å². The summed E-state index contributed by atoms with van der Waals surface area (Å²) in [5, 5.41) is 7.57. The Morgan fingerprint density at radius 3 is 2.70 bits per heavy atom. The summed E-state index contributed by atoms with van der Waals surface area (Å²) >= 11 is 1.45. The summed E-state index contributed by atoms with van der Waals surface area (Å²) in [6.45, 7) is 6.18. The van der Waals surface area contributed by atoms with Crippen LogP contribution < -0.4 is 10.1 Å². The highest BCUT2D eigenvalue weighted by Crippen LogP contribution is 2.33. The minimum atomic E-state index is 0.0694. The van der Waals surface area contributed by atoms with Crippen LogP contribution in [0.2, 0.25) is 0 Å². The lowest BCUT2D eigenvalue weighted by Gasteiger charge is -2.20. The van der Waals surface area contributed by atoms with Crippen molar-refractivity contribution in [3.63, 3.8) is 0 Å². The van der Waals surface area contributed by atoms with E-state index in [1.165, 1.54) is 11.5 Å². The zero-order valence-electron chi connectivity index (χ0n) is 12.4. The average molecular weight is 291 g/mol. The van der Waals surface area contributed by atoms with Gasteiger partial charge in [0.15, 0.2) is 0 Å². The molecule has 1 aromatic heterocycles. The lowest BCUT2D eigenvalue weighted by Crippen LogP contribution is -2.20. The van der Waals surface area contributed by atoms with E-state index in [-0.39, 0.29) is 12.1 Å². The molecule has 2 rings (SSSR count). The Balaban J connectivity index is 2.42. The van der Waals surface area contributed by atoms with Crippen molar-refractivity contribution in [1.29, 1.82) is 0 Å². The summed E-state index contributed by atoms with van der Waals surface area (Å²) in [7, 11) is 1.95. The number of hydrogen-bond donors (Lipinski definition) is 1. The fourth-order valence-electron chi connectivity index (χ4n) is 2.19. The van der Waals surface area contributed by atoms with E-state index < -0.39 is 0 Å². The zero-order chi connectivity index (χ0) is 14.5. The smallest absolute Gasteiger partial charge is 0.124 e. The molecule has 0 aliphatic carbocycles. The number of nitrogens with one attached hydrogen (secondary N) is 1. The van der Waals surface area contributed by atoms with Crippen LogP contribution in [0.3, 0.4) is 0 Å². The molecule has 0 bridgehead atoms. The third kappa shape index (κ3) is 3.16. The van der Waals surface area contributed by atoms with Crippen LogP contribution in [0.25, 0.3) is 0 Å². The Bertz CT molecular complexity index is 554. The van der Waals surface area contributed by atoms with Gasteiger partial charge >= 0.3 is 0 Å². The van der Waals surface area contributed by atoms with Crippen LogP contribution in [0.5, 0.6) is 5.75 Å². The third-order valence-corrected chi connectivity index (χ3v) is 3.89. The monoisotopic (exact) mass is 291 g/mol. The van der Waals surface area contributed by atoms with Crippen molar-refractivity contribution in [1.82, 2.24) is 14.9 Å². The average Bonchev–Trinajstić information content (AvgIpc) is 2.89. The van der Waals surface area contributed by atoms with Crippen molar-refractivity contribution < 1.29 is 4.74 Å². The molecule has 1 N–H and O–H groups in total. The van der Waals surface area contributed by atoms with Gasteiger partial charge < -0.3 is 10.1 Å². The maximum Gasteiger partial charge on any atom is 0.124 e. The van der Waals surface area contributed by atoms with E-state index >= 15 is 0 Å². The predicted octanol–water partition coefficient (Wildman–Crippen LogP) is 3.20. The SMILES string of the molecule is CCc1nnsc1C(NC)c1ccccc1OC(C)C. The van der Waals surface area contributed by atoms with Gasteiger partial charge in [-0.1, -0.05) is 29.6 Å². The number of ether oxygens (including phenoxy) is 1. The first-order valence-electron chi connectivity index (χ1n) is 6.91. The van der Waals surface area contributed by atoms with Crippen LogP contribution in [0, 0.1) is 0 Å². The van der Waals surface area contributed by atoms with Gasteiger partial charge in [0.2, 0.25) is 0 Å². The maximum absolute atomic E-state index is 5.92. The first-order chi connectivity index (χ1) is 9.67. The van der Waals surface area contributed by atoms with Crippen molar-refractivity contribution in [3.8, 4) is 5.75 Å². The van der Waals surface area contributed by atoms with Crippen molar-refractivity contribution in [2.75, 3.05) is 7.05 Å². The number of para-hydroxylation sites is 1. The molecule has 108 valence electrons. The molecular formula is C15H21N3OS. The molecule has 1 unspecified atom stereocenters. The molecule has 0 radical (unpaired) electrons. The number of hydrogen-bond acceptors (Lipinski definition) is 5. The van der Waals surface area contributed by atoms with Gasteiger partial charge in [0, 0.05) is 5.56 Å². The van der Waals surface area contributed by atoms with Crippen LogP contribution >= 0.6 is 11.5 Å². The Morgan fingerprint density at radius 1 is 1.30 bits per heavy atom. The van der Waals surface area contributed by atoms with Gasteiger partial charge in [-0.25, -0.2) is 0 Å². The van der Waals surface area contributed by atoms with Gasteiger partial charge in [-0.15, -0.1) is 5.10 Å². The van der Waals surface area contributed by atoms with E-state index in [0.29, 0.717) is 0 Å². The highest BCUT2D eigenvalue weighted by Gasteiger charge is 2.22. The van der Waals surface area contributed by atoms with E-state index in [1.807, 2.05) is 39.1 Å². The molecule has 5 heteroatoms. The molecule has 0 spiro atoms. The summed E-state index contributed by atoms with van der Waals surface area (Å²) in [5.41, 5.74) is 2.18. The number of rotatable bonds is 6. The highest BCUT2D eigenvalue weighted by atomic mass is 32.1. The van der Waals surface area contributed by atoms with Gasteiger partial charge in [-0.3, -0.25) is 0 Å². The second-order valence-electron chi connectivity index (χ2n) is 4.86. The van der Waals surface area contributed by atoms with E-state index in [2.05, 4.69) is 27.9 Å². The molecule has 0 aliphatic heterocycles. The van der Waals surface area contributed by atoms with Crippen LogP contribution in [0.4, 0.5) is 0 Å². The second kappa shape index (κ2) is 6.81. The van der Waals surface area contributed by atoms with Crippen molar-refractivity contribution in [2.24, 2.45) is 0 Å². The number of aryl methyl sites for hydroxylation is 1. The third-order valence-electron chi connectivity index (χ3n) is 3.06. The molecule has 2 aromatic rings. The lowest BCUT2D eigenvalue weighted by molar-refractivity contribution is 0.239. The standard InChI is InChI=1S/C15H21N3OS/c1-5-12-15(20-18-17-12)14(16-4)11-8-6-7-9-13(11)19-10(2)3/h6-10,14,16H,5H2,1-4H3. The minimum Gasteiger partial charge on any atom is -0.491 e. The molecule has 0 fully saturated rings. The van der Waals surface area contributed by atoms with Gasteiger partial charge in [-0.2, -0.15) is 0 Å². The van der Waals surface area contributed by atoms with Crippen molar-refractivity contribution in [3.05, 3.63) is 40.4 Å². The van der Waals surface area contributed by atoms with Crippen molar-refractivity contribution in [2.45, 2.75) is 39.3 Å². The number of nitrogens with zero attached hydrogens (tertiary/aromatic N) is 2. The molecule has 0 saturated carbocycles. The molecule has 0 aliphatic rings. The predicted molar refractivity (Wildman–Crippen MR) is 82.4 cm³/mol. The number of aromatic nitrogens is 2. The summed E-state index contributed by atoms with van der Waals surface area (Å²) in [6.07, 6.45) is 1.04. The fourth-order valence-corrected chi connectivity index (χ4v) is 3.06. The first-order valence-corrected chi connectivity index (χ1v) is 7.68. The molecule has 1 heterocycles. The summed E-state index contributed by atoms with van der Waals surface area (Å²) in [5.74, 6) is 0.914. The molecule has 0 saturated heterocycles. The summed E-state index contributed by atoms with van der Waals surface area (Å²) < 4.78 is 10.0. The highest BCUT2D eigenvalue weighted by molar-refractivity contribution is 7.05. The quantitative estimate of drug-likeness (QED) is 0.888. The molecule has 1 atom stereocenters. The second-order valence-corrected chi connectivity index (χ2v) is 5.65. The van der Waals surface area contributed by atoms with Crippen LogP contribution in [-0.2, 0) is 6.42 Å². The Morgan fingerprint density at radius 2 is 2.05 bits per heavy atom. The fraction of sp³-hybridized carbons (Fsp3) is 0.467. The number of benzene rings is 1. The molecule has 4 nitrogen and oxygen atoms in total. The summed E-state index contributed by atoms with van der Waals surface area (Å²) in [4.78, 5) is 1.16. The maximum atomic E-state index is 5.92. The lowest BCUT2D eigenvalue weighted by atomic mass is 10.0. The first kappa shape index (κ1) is 14.9. The van der Waals surface area contributed by atoms with E-state index in [1.54, 1.807) is 0 Å². The molecular weight excluding hydrogens is 270 g/mol. The van der Waals surface area contributed by atoms with Crippen LogP contribution in [0.15, 0.2) is 24.3 Å². The summed E-state index contributed by atoms with van der Waals surface area (Å²) in [6, 6.07) is 8.21. The topological polar surface area (TPSA) is 47.0 Å². The van der Waals surface area contributed by atoms with E-state index in [9.17, 15) is 0 Å². The van der Waals surface area contributed by atoms with E-state index in [4.69, 9.17) is 4.74 Å². The van der Waals surface area contributed by atoms with Gasteiger partial charge in [-0.05, 0) is 44.9 Å². The Hall–Kier alpha value is -1.46. The largest absolute Gasteiger partial charge is 0.491 e. The normalized spacial score (nSPS) is 12.7. The minimum absolute atomic E-state index is 0.0694. The van der Waals surface area contributed by atoms with Gasteiger partial charge in [0.25, 0.3) is 0 Å². The van der Waals surface area contributed by atoms with Gasteiger partial charge in [0.05, 0.1) is 22.7 Å². The van der Waals surface area contributed by atoms with E-state index in [0.717, 1.165) is 28.3 Å².